The summed E-state index contributed by atoms with van der Waals surface area (Å²) in [7, 11) is 1.82. The molecule has 2 N–H and O–H groups in total. The first kappa shape index (κ1) is 22.5. The van der Waals surface area contributed by atoms with Gasteiger partial charge in [-0.05, 0) is 38.3 Å². The standard InChI is InChI=1S/C21H36N4O3S/c1-17-6-7-20(29-17)19(25-9-13-26-14-10-25)15-24-21(22-2)23-8-4-11-27-16-18-5-3-12-28-18/h6-7,18-19H,3-5,8-16H2,1-2H3,(H2,22,23,24). The minimum atomic E-state index is 0.301. The summed E-state index contributed by atoms with van der Waals surface area (Å²) in [6.07, 6.45) is 3.54. The molecule has 1 aromatic rings. The maximum atomic E-state index is 5.73. The van der Waals surface area contributed by atoms with Crippen molar-refractivity contribution in [2.75, 3.05) is 66.3 Å². The number of hydrogen-bond donors (Lipinski definition) is 2. The molecule has 3 heterocycles. The Morgan fingerprint density at radius 2 is 2.17 bits per heavy atom. The number of hydrogen-bond acceptors (Lipinski definition) is 6. The van der Waals surface area contributed by atoms with E-state index in [0.717, 1.165) is 77.8 Å². The Morgan fingerprint density at radius 1 is 1.31 bits per heavy atom. The van der Waals surface area contributed by atoms with Gasteiger partial charge in [0.05, 0.1) is 32.0 Å². The fourth-order valence-corrected chi connectivity index (χ4v) is 4.73. The lowest BCUT2D eigenvalue weighted by Crippen LogP contribution is -2.46. The van der Waals surface area contributed by atoms with Gasteiger partial charge in [0.25, 0.3) is 0 Å². The minimum absolute atomic E-state index is 0.301. The fourth-order valence-electron chi connectivity index (χ4n) is 3.72. The molecule has 2 aliphatic heterocycles. The molecule has 0 aliphatic carbocycles. The van der Waals surface area contributed by atoms with E-state index < -0.39 is 0 Å². The van der Waals surface area contributed by atoms with Crippen molar-refractivity contribution in [2.24, 2.45) is 4.99 Å². The molecule has 2 saturated heterocycles. The van der Waals surface area contributed by atoms with Crippen LogP contribution in [-0.2, 0) is 14.2 Å². The molecule has 2 fully saturated rings. The van der Waals surface area contributed by atoms with Crippen LogP contribution in [0.15, 0.2) is 17.1 Å². The number of aliphatic imine (C=N–C) groups is 1. The van der Waals surface area contributed by atoms with E-state index in [1.54, 1.807) is 0 Å². The van der Waals surface area contributed by atoms with Gasteiger partial charge in [-0.3, -0.25) is 9.89 Å². The van der Waals surface area contributed by atoms with Crippen LogP contribution in [0, 0.1) is 6.92 Å². The summed E-state index contributed by atoms with van der Waals surface area (Å²) in [4.78, 5) is 9.64. The van der Waals surface area contributed by atoms with Crippen LogP contribution in [0.25, 0.3) is 0 Å². The van der Waals surface area contributed by atoms with E-state index >= 15 is 0 Å². The van der Waals surface area contributed by atoms with Gasteiger partial charge in [-0.15, -0.1) is 11.3 Å². The second-order valence-electron chi connectivity index (χ2n) is 7.56. The van der Waals surface area contributed by atoms with Crippen LogP contribution in [0.1, 0.15) is 35.1 Å². The van der Waals surface area contributed by atoms with Crippen molar-refractivity contribution in [3.8, 4) is 0 Å². The van der Waals surface area contributed by atoms with Crippen LogP contribution in [-0.4, -0.2) is 83.2 Å². The molecule has 2 atom stereocenters. The summed E-state index contributed by atoms with van der Waals surface area (Å²) < 4.78 is 16.8. The molecule has 0 saturated carbocycles. The first-order valence-corrected chi connectivity index (χ1v) is 11.6. The normalized spacial score (nSPS) is 22.0. The van der Waals surface area contributed by atoms with Crippen molar-refractivity contribution in [2.45, 2.75) is 38.3 Å². The largest absolute Gasteiger partial charge is 0.379 e. The highest BCUT2D eigenvalue weighted by atomic mass is 32.1. The van der Waals surface area contributed by atoms with Gasteiger partial charge in [0.2, 0.25) is 0 Å². The zero-order valence-electron chi connectivity index (χ0n) is 17.8. The number of thiophene rings is 1. The Bertz CT molecular complexity index is 613. The zero-order chi connectivity index (χ0) is 20.3. The molecule has 164 valence electrons. The molecule has 3 rings (SSSR count). The van der Waals surface area contributed by atoms with Crippen LogP contribution in [0.4, 0.5) is 0 Å². The van der Waals surface area contributed by atoms with E-state index in [2.05, 4.69) is 39.6 Å². The van der Waals surface area contributed by atoms with E-state index in [9.17, 15) is 0 Å². The number of morpholine rings is 1. The maximum Gasteiger partial charge on any atom is 0.191 e. The van der Waals surface area contributed by atoms with Crippen molar-refractivity contribution < 1.29 is 14.2 Å². The molecule has 0 bridgehead atoms. The van der Waals surface area contributed by atoms with Gasteiger partial charge in [-0.1, -0.05) is 0 Å². The van der Waals surface area contributed by atoms with Crippen LogP contribution in [0.3, 0.4) is 0 Å². The molecule has 7 nitrogen and oxygen atoms in total. The topological polar surface area (TPSA) is 67.4 Å². The van der Waals surface area contributed by atoms with E-state index in [-0.39, 0.29) is 0 Å². The Hall–Kier alpha value is -1.19. The lowest BCUT2D eigenvalue weighted by Gasteiger charge is -2.34. The molecule has 8 heteroatoms. The van der Waals surface area contributed by atoms with Crippen LogP contribution >= 0.6 is 11.3 Å². The molecule has 0 spiro atoms. The Kier molecular flexibility index (Phi) is 9.69. The number of aryl methyl sites for hydroxylation is 1. The number of rotatable bonds is 10. The smallest absolute Gasteiger partial charge is 0.191 e. The zero-order valence-corrected chi connectivity index (χ0v) is 18.6. The molecule has 0 amide bonds. The third-order valence-electron chi connectivity index (χ3n) is 5.35. The number of nitrogens with zero attached hydrogens (tertiary/aromatic N) is 2. The van der Waals surface area contributed by atoms with Gasteiger partial charge in [0, 0.05) is 56.2 Å². The van der Waals surface area contributed by atoms with Crippen molar-refractivity contribution >= 4 is 17.3 Å². The van der Waals surface area contributed by atoms with Gasteiger partial charge >= 0.3 is 0 Å². The first-order chi connectivity index (χ1) is 14.3. The summed E-state index contributed by atoms with van der Waals surface area (Å²) in [5.41, 5.74) is 0. The second-order valence-corrected chi connectivity index (χ2v) is 8.88. The van der Waals surface area contributed by atoms with Crippen molar-refractivity contribution in [1.29, 1.82) is 0 Å². The monoisotopic (exact) mass is 424 g/mol. The quantitative estimate of drug-likeness (QED) is 0.341. The molecule has 0 radical (unpaired) electrons. The highest BCUT2D eigenvalue weighted by molar-refractivity contribution is 7.12. The van der Waals surface area contributed by atoms with Crippen molar-refractivity contribution in [1.82, 2.24) is 15.5 Å². The van der Waals surface area contributed by atoms with Gasteiger partial charge in [0.15, 0.2) is 5.96 Å². The Balaban J connectivity index is 1.38. The average molecular weight is 425 g/mol. The number of nitrogens with one attached hydrogen (secondary N) is 2. The fraction of sp³-hybridized carbons (Fsp3) is 0.762. The Morgan fingerprint density at radius 3 is 2.86 bits per heavy atom. The van der Waals surface area contributed by atoms with Crippen LogP contribution < -0.4 is 10.6 Å². The average Bonchev–Trinajstić information content (AvgIpc) is 3.42. The summed E-state index contributed by atoms with van der Waals surface area (Å²) in [6, 6.07) is 4.80. The first-order valence-electron chi connectivity index (χ1n) is 10.8. The highest BCUT2D eigenvalue weighted by Crippen LogP contribution is 2.27. The van der Waals surface area contributed by atoms with Crippen molar-refractivity contribution in [3.05, 3.63) is 21.9 Å². The summed E-state index contributed by atoms with van der Waals surface area (Å²) in [6.45, 7) is 9.73. The lowest BCUT2D eigenvalue weighted by atomic mass is 10.2. The van der Waals surface area contributed by atoms with E-state index in [1.165, 1.54) is 9.75 Å². The molecular weight excluding hydrogens is 388 g/mol. The molecular formula is C21H36N4O3S. The van der Waals surface area contributed by atoms with Gasteiger partial charge in [-0.2, -0.15) is 0 Å². The van der Waals surface area contributed by atoms with E-state index in [0.29, 0.717) is 18.8 Å². The minimum Gasteiger partial charge on any atom is -0.379 e. The second kappa shape index (κ2) is 12.5. The van der Waals surface area contributed by atoms with Crippen LogP contribution in [0.2, 0.25) is 0 Å². The summed E-state index contributed by atoms with van der Waals surface area (Å²) >= 11 is 1.88. The molecule has 2 aliphatic rings. The third kappa shape index (κ3) is 7.53. The van der Waals surface area contributed by atoms with E-state index in [1.807, 2.05) is 18.4 Å². The SMILES string of the molecule is CN=C(NCCCOCC1CCCO1)NCC(c1ccc(C)s1)N1CCOCC1. The summed E-state index contributed by atoms with van der Waals surface area (Å²) in [5, 5.41) is 6.91. The molecule has 1 aromatic heterocycles. The molecule has 0 aromatic carbocycles. The third-order valence-corrected chi connectivity index (χ3v) is 6.45. The van der Waals surface area contributed by atoms with Crippen LogP contribution in [0.5, 0.6) is 0 Å². The van der Waals surface area contributed by atoms with Crippen molar-refractivity contribution in [3.63, 3.8) is 0 Å². The number of ether oxygens (including phenoxy) is 3. The van der Waals surface area contributed by atoms with Gasteiger partial charge < -0.3 is 24.8 Å². The summed E-state index contributed by atoms with van der Waals surface area (Å²) in [5.74, 6) is 0.843. The van der Waals surface area contributed by atoms with Gasteiger partial charge in [-0.25, -0.2) is 0 Å². The molecule has 2 unspecified atom stereocenters. The predicted molar refractivity (Wildman–Crippen MR) is 118 cm³/mol. The Labute approximate surface area is 178 Å². The van der Waals surface area contributed by atoms with Gasteiger partial charge in [0.1, 0.15) is 0 Å². The predicted octanol–water partition coefficient (Wildman–Crippen LogP) is 2.18. The molecule has 29 heavy (non-hydrogen) atoms. The number of guanidine groups is 1. The highest BCUT2D eigenvalue weighted by Gasteiger charge is 2.24. The maximum absolute atomic E-state index is 5.73. The van der Waals surface area contributed by atoms with E-state index in [4.69, 9.17) is 14.2 Å². The lowest BCUT2D eigenvalue weighted by molar-refractivity contribution is 0.0167.